The second-order valence-corrected chi connectivity index (χ2v) is 8.33. The van der Waals surface area contributed by atoms with Crippen LogP contribution in [0.15, 0.2) is 48.0 Å². The molecule has 1 N–H and O–H groups in total. The Morgan fingerprint density at radius 1 is 1.00 bits per heavy atom. The number of fused-ring (bicyclic) bond motifs is 1. The van der Waals surface area contributed by atoms with Gasteiger partial charge in [-0.25, -0.2) is 0 Å². The van der Waals surface area contributed by atoms with E-state index in [9.17, 15) is 4.79 Å². The standard InChI is InChI=1S/C26H33N3O4/c1-31-24-10-9-22(18-25(24)32-2)29-15-13-28(14-16-29)12-6-5-11-27-26(30)21-17-20-7-3-4-8-23(20)33-19-21/h3-4,7-10,17-18H,5-6,11-16,19H2,1-2H3,(H,27,30). The van der Waals surface area contributed by atoms with E-state index in [0.717, 1.165) is 68.4 Å². The lowest BCUT2D eigenvalue weighted by Gasteiger charge is -2.36. The van der Waals surface area contributed by atoms with Crippen molar-refractivity contribution >= 4 is 17.7 Å². The monoisotopic (exact) mass is 451 g/mol. The van der Waals surface area contributed by atoms with Gasteiger partial charge in [0, 0.05) is 50.0 Å². The number of carbonyl (C=O) groups is 1. The van der Waals surface area contributed by atoms with E-state index in [1.807, 2.05) is 42.5 Å². The van der Waals surface area contributed by atoms with E-state index < -0.39 is 0 Å². The quantitative estimate of drug-likeness (QED) is 0.591. The summed E-state index contributed by atoms with van der Waals surface area (Å²) < 4.78 is 16.4. The predicted octanol–water partition coefficient (Wildman–Crippen LogP) is 3.20. The average molecular weight is 452 g/mol. The van der Waals surface area contributed by atoms with Crippen molar-refractivity contribution in [3.05, 3.63) is 53.6 Å². The van der Waals surface area contributed by atoms with E-state index in [4.69, 9.17) is 14.2 Å². The maximum atomic E-state index is 12.4. The highest BCUT2D eigenvalue weighted by Gasteiger charge is 2.19. The number of amides is 1. The van der Waals surface area contributed by atoms with Gasteiger partial charge in [0.1, 0.15) is 12.4 Å². The fourth-order valence-electron chi connectivity index (χ4n) is 4.27. The Labute approximate surface area is 195 Å². The summed E-state index contributed by atoms with van der Waals surface area (Å²) in [4.78, 5) is 17.3. The van der Waals surface area contributed by atoms with Gasteiger partial charge in [0.05, 0.1) is 19.8 Å². The summed E-state index contributed by atoms with van der Waals surface area (Å²) in [7, 11) is 3.32. The Kier molecular flexibility index (Phi) is 7.73. The number of unbranched alkanes of at least 4 members (excludes halogenated alkanes) is 1. The maximum absolute atomic E-state index is 12.4. The second kappa shape index (κ2) is 11.1. The normalized spacial score (nSPS) is 15.8. The van der Waals surface area contributed by atoms with Gasteiger partial charge in [0.15, 0.2) is 11.5 Å². The first-order valence-corrected chi connectivity index (χ1v) is 11.6. The molecule has 0 saturated carbocycles. The smallest absolute Gasteiger partial charge is 0.250 e. The zero-order valence-corrected chi connectivity index (χ0v) is 19.5. The molecule has 0 spiro atoms. The van der Waals surface area contributed by atoms with Crippen molar-refractivity contribution < 1.29 is 19.0 Å². The largest absolute Gasteiger partial charge is 0.493 e. The molecule has 0 aliphatic carbocycles. The highest BCUT2D eigenvalue weighted by Crippen LogP contribution is 2.32. The van der Waals surface area contributed by atoms with Crippen LogP contribution in [0.25, 0.3) is 6.08 Å². The number of piperazine rings is 1. The number of nitrogens with zero attached hydrogens (tertiary/aromatic N) is 2. The lowest BCUT2D eigenvalue weighted by atomic mass is 10.1. The molecular formula is C26H33N3O4. The molecule has 1 saturated heterocycles. The number of ether oxygens (including phenoxy) is 3. The van der Waals surface area contributed by atoms with Gasteiger partial charge in [0.2, 0.25) is 0 Å². The Morgan fingerprint density at radius 2 is 1.79 bits per heavy atom. The third-order valence-electron chi connectivity index (χ3n) is 6.21. The average Bonchev–Trinajstić information content (AvgIpc) is 2.88. The second-order valence-electron chi connectivity index (χ2n) is 8.33. The lowest BCUT2D eigenvalue weighted by Crippen LogP contribution is -2.46. The summed E-state index contributed by atoms with van der Waals surface area (Å²) >= 11 is 0. The van der Waals surface area contributed by atoms with Crippen LogP contribution in [0, 0.1) is 0 Å². The number of carbonyl (C=O) groups excluding carboxylic acids is 1. The van der Waals surface area contributed by atoms with Crippen molar-refractivity contribution in [2.24, 2.45) is 0 Å². The van der Waals surface area contributed by atoms with Crippen LogP contribution in [-0.2, 0) is 4.79 Å². The first-order chi connectivity index (χ1) is 16.2. The molecule has 1 amide bonds. The summed E-state index contributed by atoms with van der Waals surface area (Å²) in [6, 6.07) is 13.9. The summed E-state index contributed by atoms with van der Waals surface area (Å²) in [6.07, 6.45) is 3.95. The molecule has 7 nitrogen and oxygen atoms in total. The third-order valence-corrected chi connectivity index (χ3v) is 6.21. The van der Waals surface area contributed by atoms with Crippen molar-refractivity contribution in [3.63, 3.8) is 0 Å². The van der Waals surface area contributed by atoms with Crippen molar-refractivity contribution in [1.82, 2.24) is 10.2 Å². The Balaban J connectivity index is 1.14. The molecule has 33 heavy (non-hydrogen) atoms. The fourth-order valence-corrected chi connectivity index (χ4v) is 4.27. The molecule has 176 valence electrons. The zero-order valence-electron chi connectivity index (χ0n) is 19.5. The number of benzene rings is 2. The van der Waals surface area contributed by atoms with Crippen LogP contribution in [0.5, 0.6) is 17.2 Å². The number of hydrogen-bond donors (Lipinski definition) is 1. The number of rotatable bonds is 9. The lowest BCUT2D eigenvalue weighted by molar-refractivity contribution is -0.117. The number of hydrogen-bond acceptors (Lipinski definition) is 6. The molecule has 0 unspecified atom stereocenters. The first-order valence-electron chi connectivity index (χ1n) is 11.6. The van der Waals surface area contributed by atoms with Gasteiger partial charge in [-0.05, 0) is 43.7 Å². The van der Waals surface area contributed by atoms with Gasteiger partial charge in [-0.15, -0.1) is 0 Å². The van der Waals surface area contributed by atoms with E-state index >= 15 is 0 Å². The van der Waals surface area contributed by atoms with E-state index in [-0.39, 0.29) is 5.91 Å². The topological polar surface area (TPSA) is 63.3 Å². The van der Waals surface area contributed by atoms with Crippen molar-refractivity contribution in [2.75, 3.05) is 65.0 Å². The minimum absolute atomic E-state index is 0.0342. The summed E-state index contributed by atoms with van der Waals surface area (Å²) in [5, 5.41) is 3.03. The van der Waals surface area contributed by atoms with Crippen LogP contribution in [0.1, 0.15) is 18.4 Å². The third kappa shape index (κ3) is 5.79. The van der Waals surface area contributed by atoms with E-state index in [2.05, 4.69) is 21.2 Å². The summed E-state index contributed by atoms with van der Waals surface area (Å²) in [6.45, 7) is 6.10. The Bertz CT molecular complexity index is 983. The van der Waals surface area contributed by atoms with Crippen LogP contribution < -0.4 is 24.4 Å². The van der Waals surface area contributed by atoms with Gasteiger partial charge in [-0.1, -0.05) is 18.2 Å². The molecule has 0 aromatic heterocycles. The van der Waals surface area contributed by atoms with E-state index in [1.165, 1.54) is 5.69 Å². The number of para-hydroxylation sites is 1. The minimum Gasteiger partial charge on any atom is -0.493 e. The van der Waals surface area contributed by atoms with Crippen molar-refractivity contribution in [3.8, 4) is 17.2 Å². The molecule has 2 aromatic carbocycles. The number of methoxy groups -OCH3 is 2. The van der Waals surface area contributed by atoms with Gasteiger partial charge in [0.25, 0.3) is 5.91 Å². The summed E-state index contributed by atoms with van der Waals surface area (Å²) in [5.74, 6) is 2.32. The van der Waals surface area contributed by atoms with Crippen molar-refractivity contribution in [1.29, 1.82) is 0 Å². The van der Waals surface area contributed by atoms with Gasteiger partial charge in [-0.3, -0.25) is 9.69 Å². The van der Waals surface area contributed by atoms with Crippen LogP contribution in [0.2, 0.25) is 0 Å². The molecule has 0 bridgehead atoms. The predicted molar refractivity (Wildman–Crippen MR) is 130 cm³/mol. The van der Waals surface area contributed by atoms with Gasteiger partial charge < -0.3 is 24.4 Å². The first kappa shape index (κ1) is 23.0. The van der Waals surface area contributed by atoms with Crippen LogP contribution >= 0.6 is 0 Å². The zero-order chi connectivity index (χ0) is 23.0. The molecule has 2 aromatic rings. The molecule has 0 atom stereocenters. The highest BCUT2D eigenvalue weighted by molar-refractivity contribution is 5.99. The van der Waals surface area contributed by atoms with E-state index in [0.29, 0.717) is 18.7 Å². The van der Waals surface area contributed by atoms with E-state index in [1.54, 1.807) is 14.2 Å². The SMILES string of the molecule is COc1ccc(N2CCN(CCCCNC(=O)C3=Cc4ccccc4OC3)CC2)cc1OC. The molecule has 0 radical (unpaired) electrons. The Hall–Kier alpha value is -3.19. The van der Waals surface area contributed by atoms with Gasteiger partial charge in [-0.2, -0.15) is 0 Å². The molecule has 7 heteroatoms. The molecule has 2 heterocycles. The molecular weight excluding hydrogens is 418 g/mol. The maximum Gasteiger partial charge on any atom is 0.250 e. The minimum atomic E-state index is -0.0342. The Morgan fingerprint density at radius 3 is 2.58 bits per heavy atom. The number of anilines is 1. The van der Waals surface area contributed by atoms with Gasteiger partial charge >= 0.3 is 0 Å². The molecule has 4 rings (SSSR count). The number of nitrogens with one attached hydrogen (secondary N) is 1. The van der Waals surface area contributed by atoms with Crippen LogP contribution in [-0.4, -0.2) is 70.9 Å². The van der Waals surface area contributed by atoms with Crippen LogP contribution in [0.4, 0.5) is 5.69 Å². The fraction of sp³-hybridized carbons (Fsp3) is 0.423. The highest BCUT2D eigenvalue weighted by atomic mass is 16.5. The summed E-state index contributed by atoms with van der Waals surface area (Å²) in [5.41, 5.74) is 2.81. The van der Waals surface area contributed by atoms with Crippen molar-refractivity contribution in [2.45, 2.75) is 12.8 Å². The molecule has 2 aliphatic heterocycles. The van der Waals surface area contributed by atoms with Crippen LogP contribution in [0.3, 0.4) is 0 Å². The molecule has 1 fully saturated rings. The molecule has 2 aliphatic rings.